The van der Waals surface area contributed by atoms with Gasteiger partial charge < -0.3 is 20.3 Å². The molecule has 236 valence electrons. The number of ether oxygens (including phenoxy) is 1. The Balaban J connectivity index is 2.50. The molecule has 7 nitrogen and oxygen atoms in total. The van der Waals surface area contributed by atoms with E-state index in [9.17, 15) is 14.4 Å². The molecule has 43 heavy (non-hydrogen) atoms. The summed E-state index contributed by atoms with van der Waals surface area (Å²) in [5, 5.41) is 5.92. The Hall–Kier alpha value is -3.61. The molecule has 0 aliphatic heterocycles. The molecule has 3 amide bonds. The average molecular weight is 592 g/mol. The molecule has 0 heterocycles. The minimum atomic E-state index is -0.890. The van der Waals surface area contributed by atoms with E-state index in [1.54, 1.807) is 31.7 Å². The van der Waals surface area contributed by atoms with Crippen LogP contribution < -0.4 is 10.6 Å². The van der Waals surface area contributed by atoms with Gasteiger partial charge in [-0.15, -0.1) is 0 Å². The third-order valence-electron chi connectivity index (χ3n) is 7.52. The molecule has 0 radical (unpaired) electrons. The molecule has 0 saturated carbocycles. The van der Waals surface area contributed by atoms with Crippen molar-refractivity contribution in [1.82, 2.24) is 15.5 Å². The van der Waals surface area contributed by atoms with Crippen LogP contribution in [0.25, 0.3) is 6.08 Å². The summed E-state index contributed by atoms with van der Waals surface area (Å²) in [6.07, 6.45) is 7.98. The molecule has 3 unspecified atom stereocenters. The number of alkyl carbamates (subject to hydrolysis) is 1. The lowest BCUT2D eigenvalue weighted by atomic mass is 9.95. The molecule has 2 aromatic rings. The predicted molar refractivity (Wildman–Crippen MR) is 175 cm³/mol. The van der Waals surface area contributed by atoms with E-state index in [0.29, 0.717) is 25.1 Å². The van der Waals surface area contributed by atoms with Gasteiger partial charge in [0, 0.05) is 13.1 Å². The Labute approximate surface area is 259 Å². The first-order valence-corrected chi connectivity index (χ1v) is 15.8. The minimum Gasteiger partial charge on any atom is -0.444 e. The number of rotatable bonds is 17. The van der Waals surface area contributed by atoms with Gasteiger partial charge in [0.2, 0.25) is 11.8 Å². The van der Waals surface area contributed by atoms with E-state index in [4.69, 9.17) is 4.74 Å². The van der Waals surface area contributed by atoms with Crippen LogP contribution in [-0.4, -0.2) is 41.0 Å². The summed E-state index contributed by atoms with van der Waals surface area (Å²) in [5.74, 6) is -0.748. The zero-order chi connectivity index (χ0) is 31.8. The number of hydrogen-bond donors (Lipinski definition) is 2. The highest BCUT2D eigenvalue weighted by atomic mass is 16.6. The van der Waals surface area contributed by atoms with Crippen molar-refractivity contribution < 1.29 is 19.1 Å². The van der Waals surface area contributed by atoms with Crippen LogP contribution >= 0.6 is 0 Å². The predicted octanol–water partition coefficient (Wildman–Crippen LogP) is 7.82. The second-order valence-corrected chi connectivity index (χ2v) is 12.3. The van der Waals surface area contributed by atoms with Gasteiger partial charge in [0.15, 0.2) is 0 Å². The Morgan fingerprint density at radius 3 is 2.26 bits per heavy atom. The van der Waals surface area contributed by atoms with E-state index < -0.39 is 23.8 Å². The molecule has 7 heteroatoms. The van der Waals surface area contributed by atoms with Crippen molar-refractivity contribution in [3.8, 4) is 0 Å². The first kappa shape index (κ1) is 35.6. The van der Waals surface area contributed by atoms with Gasteiger partial charge in [-0.3, -0.25) is 9.59 Å². The smallest absolute Gasteiger partial charge is 0.408 e. The van der Waals surface area contributed by atoms with E-state index in [0.717, 1.165) is 43.2 Å². The molecular formula is C36H53N3O4. The lowest BCUT2D eigenvalue weighted by Crippen LogP contribution is -2.55. The van der Waals surface area contributed by atoms with Gasteiger partial charge in [-0.25, -0.2) is 4.79 Å². The third kappa shape index (κ3) is 12.3. The number of hydrogen-bond acceptors (Lipinski definition) is 4. The summed E-state index contributed by atoms with van der Waals surface area (Å²) >= 11 is 0. The van der Waals surface area contributed by atoms with Crippen LogP contribution in [0.2, 0.25) is 0 Å². The average Bonchev–Trinajstić information content (AvgIpc) is 2.98. The van der Waals surface area contributed by atoms with E-state index in [-0.39, 0.29) is 17.7 Å². The largest absolute Gasteiger partial charge is 0.444 e. The monoisotopic (exact) mass is 591 g/mol. The van der Waals surface area contributed by atoms with Crippen molar-refractivity contribution in [3.63, 3.8) is 0 Å². The van der Waals surface area contributed by atoms with Crippen LogP contribution in [0, 0.1) is 5.92 Å². The summed E-state index contributed by atoms with van der Waals surface area (Å²) in [7, 11) is 0. The number of nitrogens with zero attached hydrogens (tertiary/aromatic N) is 1. The molecule has 0 bridgehead atoms. The standard InChI is InChI=1S/C36H53N3O4/c1-8-11-12-13-14-18-24-39(34(41)31(27(4)9-2)38-35(42)43-36(5,6)7)32(30-23-19-22-28(10-3)25-30)33(40)37-26-29-20-16-15-17-21-29/h10,15-17,19-23,25,27,31-32H,3,8-9,11-14,18,24,26H2,1-2,4-7H3,(H,37,40)(H,38,42). The number of carbonyl (C=O) groups excluding carboxylic acids is 3. The van der Waals surface area contributed by atoms with Crippen LogP contribution in [0.1, 0.15) is 109 Å². The normalized spacial score (nSPS) is 13.3. The van der Waals surface area contributed by atoms with Crippen molar-refractivity contribution >= 4 is 24.0 Å². The highest BCUT2D eigenvalue weighted by Gasteiger charge is 2.38. The fraction of sp³-hybridized carbons (Fsp3) is 0.528. The highest BCUT2D eigenvalue weighted by molar-refractivity contribution is 5.92. The summed E-state index contributed by atoms with van der Waals surface area (Å²) in [5.41, 5.74) is 1.81. The van der Waals surface area contributed by atoms with Crippen LogP contribution in [0.3, 0.4) is 0 Å². The fourth-order valence-corrected chi connectivity index (χ4v) is 4.94. The Morgan fingerprint density at radius 1 is 0.953 bits per heavy atom. The molecule has 2 aromatic carbocycles. The second kappa shape index (κ2) is 18.1. The molecule has 0 fully saturated rings. The van der Waals surface area contributed by atoms with Gasteiger partial charge in [0.25, 0.3) is 0 Å². The van der Waals surface area contributed by atoms with Crippen molar-refractivity contribution in [2.45, 2.75) is 111 Å². The van der Waals surface area contributed by atoms with E-state index in [1.165, 1.54) is 6.42 Å². The highest BCUT2D eigenvalue weighted by Crippen LogP contribution is 2.27. The van der Waals surface area contributed by atoms with Crippen molar-refractivity contribution in [3.05, 3.63) is 77.9 Å². The molecular weight excluding hydrogens is 538 g/mol. The van der Waals surface area contributed by atoms with Crippen LogP contribution in [0.4, 0.5) is 4.79 Å². The summed E-state index contributed by atoms with van der Waals surface area (Å²) in [4.78, 5) is 43.1. The van der Waals surface area contributed by atoms with Gasteiger partial charge in [0.05, 0.1) is 0 Å². The van der Waals surface area contributed by atoms with Crippen LogP contribution in [0.5, 0.6) is 0 Å². The molecule has 2 N–H and O–H groups in total. The number of unbranched alkanes of at least 4 members (excludes halogenated alkanes) is 5. The number of carbonyl (C=O) groups is 3. The van der Waals surface area contributed by atoms with Crippen LogP contribution in [0.15, 0.2) is 61.2 Å². The molecule has 0 saturated heterocycles. The summed E-state index contributed by atoms with van der Waals surface area (Å²) in [6, 6.07) is 15.5. The van der Waals surface area contributed by atoms with Crippen molar-refractivity contribution in [2.75, 3.05) is 6.54 Å². The molecule has 3 atom stereocenters. The van der Waals surface area contributed by atoms with Gasteiger partial charge >= 0.3 is 6.09 Å². The van der Waals surface area contributed by atoms with Gasteiger partial charge in [-0.05, 0) is 55.9 Å². The SMILES string of the molecule is C=Cc1cccc(C(C(=O)NCc2ccccc2)N(CCCCCCCC)C(=O)C(NC(=O)OC(C)(C)C)C(C)CC)c1. The lowest BCUT2D eigenvalue weighted by molar-refractivity contribution is -0.143. The molecule has 0 aliphatic carbocycles. The minimum absolute atomic E-state index is 0.181. The quantitative estimate of drug-likeness (QED) is 0.184. The maximum Gasteiger partial charge on any atom is 0.408 e. The van der Waals surface area contributed by atoms with E-state index in [1.807, 2.05) is 68.4 Å². The maximum absolute atomic E-state index is 14.5. The third-order valence-corrected chi connectivity index (χ3v) is 7.52. The number of amides is 3. The maximum atomic E-state index is 14.5. The Bertz CT molecular complexity index is 1160. The van der Waals surface area contributed by atoms with Crippen molar-refractivity contribution in [1.29, 1.82) is 0 Å². The molecule has 0 aliphatic rings. The van der Waals surface area contributed by atoms with Gasteiger partial charge in [0.1, 0.15) is 17.7 Å². The van der Waals surface area contributed by atoms with Gasteiger partial charge in [-0.2, -0.15) is 0 Å². The molecule has 0 aromatic heterocycles. The summed E-state index contributed by atoms with van der Waals surface area (Å²) < 4.78 is 5.53. The second-order valence-electron chi connectivity index (χ2n) is 12.3. The van der Waals surface area contributed by atoms with Gasteiger partial charge in [-0.1, -0.05) is 120 Å². The van der Waals surface area contributed by atoms with E-state index in [2.05, 4.69) is 24.1 Å². The topological polar surface area (TPSA) is 87.7 Å². The Morgan fingerprint density at radius 2 is 1.63 bits per heavy atom. The first-order chi connectivity index (χ1) is 20.5. The van der Waals surface area contributed by atoms with E-state index >= 15 is 0 Å². The molecule has 2 rings (SSSR count). The first-order valence-electron chi connectivity index (χ1n) is 15.8. The zero-order valence-electron chi connectivity index (χ0n) is 27.2. The Kier molecular flexibility index (Phi) is 15.0. The zero-order valence-corrected chi connectivity index (χ0v) is 27.2. The fourth-order valence-electron chi connectivity index (χ4n) is 4.94. The van der Waals surface area contributed by atoms with Crippen LogP contribution in [-0.2, 0) is 20.9 Å². The molecule has 0 spiro atoms. The number of nitrogens with one attached hydrogen (secondary N) is 2. The lowest BCUT2D eigenvalue weighted by Gasteiger charge is -2.36. The summed E-state index contributed by atoms with van der Waals surface area (Å²) in [6.45, 7) is 16.1. The van der Waals surface area contributed by atoms with Crippen molar-refractivity contribution in [2.24, 2.45) is 5.92 Å². The number of benzene rings is 2.